The van der Waals surface area contributed by atoms with Gasteiger partial charge in [-0.05, 0) is 76.2 Å². The molecule has 0 saturated heterocycles. The van der Waals surface area contributed by atoms with Crippen LogP contribution < -0.4 is 9.80 Å². The molecule has 0 amide bonds. The highest BCUT2D eigenvalue weighted by Gasteiger charge is 2.18. The summed E-state index contributed by atoms with van der Waals surface area (Å²) in [7, 11) is 2.13. The van der Waals surface area contributed by atoms with Gasteiger partial charge < -0.3 is 9.80 Å². The summed E-state index contributed by atoms with van der Waals surface area (Å²) in [4.78, 5) is 4.65. The minimum Gasteiger partial charge on any atom is -0.345 e. The number of allylic oxidation sites excluding steroid dienone is 5. The molecule has 0 radical (unpaired) electrons. The fourth-order valence-corrected chi connectivity index (χ4v) is 5.95. The Kier molecular flexibility index (Phi) is 7.63. The number of benzene rings is 6. The van der Waals surface area contributed by atoms with Gasteiger partial charge in [0.1, 0.15) is 0 Å². The number of hydrogen-bond donors (Lipinski definition) is 0. The van der Waals surface area contributed by atoms with E-state index in [1.54, 1.807) is 0 Å². The van der Waals surface area contributed by atoms with E-state index < -0.39 is 0 Å². The lowest BCUT2D eigenvalue weighted by Gasteiger charge is -2.29. The smallest absolute Gasteiger partial charge is 0.0536 e. The fraction of sp³-hybridized carbons (Fsp3) is 0.0476. The van der Waals surface area contributed by atoms with E-state index in [0.29, 0.717) is 0 Å². The molecular formula is C42H34N2. The standard InChI is InChI=1S/C42H34N2/c1-43(37-25-22-35(23-26-37)33-14-6-3-7-15-33)38-28-30-40(31-29-38)44(42-21-11-18-36-16-8-9-20-41(36)42)39-19-10-17-34(24-27-39)32-12-4-2-5-13-32/h2-18,20-31H,19H2,1H3. The molecule has 212 valence electrons. The predicted molar refractivity (Wildman–Crippen MR) is 189 cm³/mol. The maximum absolute atomic E-state index is 2.41. The first-order chi connectivity index (χ1) is 21.7. The topological polar surface area (TPSA) is 6.48 Å². The number of anilines is 4. The first-order valence-electron chi connectivity index (χ1n) is 15.1. The van der Waals surface area contributed by atoms with Gasteiger partial charge in [0, 0.05) is 41.6 Å². The van der Waals surface area contributed by atoms with Crippen molar-refractivity contribution in [1.29, 1.82) is 0 Å². The van der Waals surface area contributed by atoms with Crippen LogP contribution in [0.4, 0.5) is 22.7 Å². The number of hydrogen-bond acceptors (Lipinski definition) is 2. The summed E-state index contributed by atoms with van der Waals surface area (Å²) in [6.45, 7) is 0. The van der Waals surface area contributed by atoms with Crippen LogP contribution in [0.2, 0.25) is 0 Å². The van der Waals surface area contributed by atoms with Crippen LogP contribution in [0.15, 0.2) is 182 Å². The van der Waals surface area contributed by atoms with Gasteiger partial charge in [-0.2, -0.15) is 0 Å². The van der Waals surface area contributed by atoms with Gasteiger partial charge in [-0.3, -0.25) is 0 Å². The Hall–Kier alpha value is -5.60. The molecule has 6 aromatic carbocycles. The van der Waals surface area contributed by atoms with E-state index >= 15 is 0 Å². The summed E-state index contributed by atoms with van der Waals surface area (Å²) in [5.74, 6) is 0. The minimum atomic E-state index is 0.825. The maximum Gasteiger partial charge on any atom is 0.0536 e. The summed E-state index contributed by atoms with van der Waals surface area (Å²) >= 11 is 0. The van der Waals surface area contributed by atoms with Crippen molar-refractivity contribution in [2.24, 2.45) is 0 Å². The van der Waals surface area contributed by atoms with Crippen molar-refractivity contribution in [3.63, 3.8) is 0 Å². The quantitative estimate of drug-likeness (QED) is 0.190. The Morgan fingerprint density at radius 2 is 1.05 bits per heavy atom. The van der Waals surface area contributed by atoms with Gasteiger partial charge in [0.15, 0.2) is 0 Å². The van der Waals surface area contributed by atoms with Crippen molar-refractivity contribution in [1.82, 2.24) is 0 Å². The van der Waals surface area contributed by atoms with Crippen LogP contribution >= 0.6 is 0 Å². The average Bonchev–Trinajstić information content (AvgIpc) is 3.36. The predicted octanol–water partition coefficient (Wildman–Crippen LogP) is 11.3. The summed E-state index contributed by atoms with van der Waals surface area (Å²) in [5.41, 5.74) is 10.7. The molecule has 0 atom stereocenters. The molecule has 0 saturated carbocycles. The average molecular weight is 567 g/mol. The highest BCUT2D eigenvalue weighted by molar-refractivity contribution is 5.97. The molecule has 0 heterocycles. The molecule has 0 N–H and O–H groups in total. The van der Waals surface area contributed by atoms with Crippen LogP contribution in [0.25, 0.3) is 27.5 Å². The van der Waals surface area contributed by atoms with E-state index in [0.717, 1.165) is 23.5 Å². The lowest BCUT2D eigenvalue weighted by molar-refractivity contribution is 1.08. The molecule has 6 aromatic rings. The van der Waals surface area contributed by atoms with E-state index in [-0.39, 0.29) is 0 Å². The molecular weight excluding hydrogens is 532 g/mol. The van der Waals surface area contributed by atoms with Crippen molar-refractivity contribution in [3.8, 4) is 11.1 Å². The van der Waals surface area contributed by atoms with Crippen molar-refractivity contribution >= 4 is 39.1 Å². The van der Waals surface area contributed by atoms with E-state index in [9.17, 15) is 0 Å². The summed E-state index contributed by atoms with van der Waals surface area (Å²) in [5, 5.41) is 2.46. The van der Waals surface area contributed by atoms with Crippen molar-refractivity contribution in [2.75, 3.05) is 16.8 Å². The highest BCUT2D eigenvalue weighted by Crippen LogP contribution is 2.39. The third kappa shape index (κ3) is 5.58. The molecule has 0 unspecified atom stereocenters. The van der Waals surface area contributed by atoms with E-state index in [4.69, 9.17) is 0 Å². The molecule has 0 spiro atoms. The van der Waals surface area contributed by atoms with Crippen molar-refractivity contribution in [3.05, 3.63) is 187 Å². The number of rotatable bonds is 7. The molecule has 0 aliphatic heterocycles. The highest BCUT2D eigenvalue weighted by atomic mass is 15.2. The van der Waals surface area contributed by atoms with Crippen LogP contribution in [0.5, 0.6) is 0 Å². The Balaban J connectivity index is 1.24. The first-order valence-corrected chi connectivity index (χ1v) is 15.1. The normalized spacial score (nSPS) is 12.8. The van der Waals surface area contributed by atoms with Gasteiger partial charge >= 0.3 is 0 Å². The molecule has 2 nitrogen and oxygen atoms in total. The summed E-state index contributed by atoms with van der Waals surface area (Å²) < 4.78 is 0. The Labute approximate surface area is 260 Å². The zero-order chi connectivity index (χ0) is 29.7. The van der Waals surface area contributed by atoms with Gasteiger partial charge in [-0.25, -0.2) is 0 Å². The molecule has 0 bridgehead atoms. The number of fused-ring (bicyclic) bond motifs is 1. The zero-order valence-electron chi connectivity index (χ0n) is 24.8. The molecule has 0 fully saturated rings. The SMILES string of the molecule is CN(c1ccc(-c2ccccc2)cc1)c1ccc(N(C2=CC=C(c3ccccc3)C=CC2)c2cccc3ccccc23)cc1. The maximum atomic E-state index is 2.41. The van der Waals surface area contributed by atoms with Crippen molar-refractivity contribution < 1.29 is 0 Å². The monoisotopic (exact) mass is 566 g/mol. The van der Waals surface area contributed by atoms with E-state index in [1.807, 2.05) is 0 Å². The summed E-state index contributed by atoms with van der Waals surface area (Å²) in [6, 6.07) is 54.0. The Morgan fingerprint density at radius 1 is 0.477 bits per heavy atom. The van der Waals surface area contributed by atoms with E-state index in [1.165, 1.54) is 44.4 Å². The molecule has 2 heteroatoms. The second kappa shape index (κ2) is 12.3. The van der Waals surface area contributed by atoms with Crippen LogP contribution in [-0.2, 0) is 0 Å². The zero-order valence-corrected chi connectivity index (χ0v) is 24.8. The van der Waals surface area contributed by atoms with Crippen LogP contribution in [0, 0.1) is 0 Å². The fourth-order valence-electron chi connectivity index (χ4n) is 5.95. The lowest BCUT2D eigenvalue weighted by atomic mass is 10.0. The third-order valence-corrected chi connectivity index (χ3v) is 8.34. The third-order valence-electron chi connectivity index (χ3n) is 8.34. The van der Waals surface area contributed by atoms with E-state index in [2.05, 4.69) is 193 Å². The van der Waals surface area contributed by atoms with Crippen LogP contribution in [0.1, 0.15) is 12.0 Å². The molecule has 1 aliphatic carbocycles. The molecule has 0 aromatic heterocycles. The van der Waals surface area contributed by atoms with Gasteiger partial charge in [0.25, 0.3) is 0 Å². The van der Waals surface area contributed by atoms with Gasteiger partial charge in [-0.1, -0.05) is 127 Å². The molecule has 1 aliphatic rings. The Morgan fingerprint density at radius 3 is 1.77 bits per heavy atom. The lowest BCUT2D eigenvalue weighted by Crippen LogP contribution is -2.17. The second-order valence-corrected chi connectivity index (χ2v) is 11.1. The first kappa shape index (κ1) is 27.2. The van der Waals surface area contributed by atoms with Gasteiger partial charge in [0.2, 0.25) is 0 Å². The Bertz CT molecular complexity index is 1960. The van der Waals surface area contributed by atoms with Crippen molar-refractivity contribution in [2.45, 2.75) is 6.42 Å². The largest absolute Gasteiger partial charge is 0.345 e. The minimum absolute atomic E-state index is 0.825. The second-order valence-electron chi connectivity index (χ2n) is 11.1. The van der Waals surface area contributed by atoms with Gasteiger partial charge in [0.05, 0.1) is 5.69 Å². The van der Waals surface area contributed by atoms with Crippen LogP contribution in [-0.4, -0.2) is 7.05 Å². The molecule has 44 heavy (non-hydrogen) atoms. The van der Waals surface area contributed by atoms with Gasteiger partial charge in [-0.15, -0.1) is 0 Å². The van der Waals surface area contributed by atoms with Crippen LogP contribution in [0.3, 0.4) is 0 Å². The molecule has 7 rings (SSSR count). The summed E-state index contributed by atoms with van der Waals surface area (Å²) in [6.07, 6.45) is 9.86. The number of nitrogens with zero attached hydrogens (tertiary/aromatic N) is 2.